The fourth-order valence-electron chi connectivity index (χ4n) is 2.05. The number of nitrogens with zero attached hydrogens (tertiary/aromatic N) is 1. The van der Waals surface area contributed by atoms with Crippen LogP contribution < -0.4 is 14.8 Å². The number of nitrogens with one attached hydrogen (secondary N) is 1. The zero-order chi connectivity index (χ0) is 16.5. The molecule has 0 aliphatic heterocycles. The van der Waals surface area contributed by atoms with Crippen molar-refractivity contribution >= 4 is 27.3 Å². The third-order valence-corrected chi connectivity index (χ3v) is 5.15. The molecule has 0 spiro atoms. The predicted octanol–water partition coefficient (Wildman–Crippen LogP) is 4.49. The van der Waals surface area contributed by atoms with E-state index in [0.717, 1.165) is 28.9 Å². The summed E-state index contributed by atoms with van der Waals surface area (Å²) in [6.07, 6.45) is 1.22. The van der Waals surface area contributed by atoms with E-state index in [-0.39, 0.29) is 0 Å². The average molecular weight is 395 g/mol. The maximum Gasteiger partial charge on any atom is 0.161 e. The summed E-state index contributed by atoms with van der Waals surface area (Å²) in [7, 11) is 1.63. The molecule has 0 bridgehead atoms. The van der Waals surface area contributed by atoms with Crippen LogP contribution in [0.4, 0.5) is 0 Å². The van der Waals surface area contributed by atoms with Gasteiger partial charge in [-0.1, -0.05) is 6.07 Å². The third kappa shape index (κ3) is 5.54. The fraction of sp³-hybridized carbons (Fsp3) is 0.353. The van der Waals surface area contributed by atoms with Gasteiger partial charge in [0.1, 0.15) is 0 Å². The summed E-state index contributed by atoms with van der Waals surface area (Å²) >= 11 is 5.26. The molecule has 23 heavy (non-hydrogen) atoms. The van der Waals surface area contributed by atoms with Gasteiger partial charge in [-0.15, -0.1) is 11.3 Å². The van der Waals surface area contributed by atoms with E-state index in [1.54, 1.807) is 18.4 Å². The van der Waals surface area contributed by atoms with Crippen LogP contribution in [0.2, 0.25) is 0 Å². The third-order valence-electron chi connectivity index (χ3n) is 3.22. The minimum atomic E-state index is 0.499. The van der Waals surface area contributed by atoms with Crippen LogP contribution in [0.15, 0.2) is 34.1 Å². The maximum atomic E-state index is 8.56. The lowest BCUT2D eigenvalue weighted by Crippen LogP contribution is -2.12. The second-order valence-corrected chi connectivity index (χ2v) is 6.75. The van der Waals surface area contributed by atoms with Gasteiger partial charge in [0.05, 0.1) is 19.8 Å². The van der Waals surface area contributed by atoms with Gasteiger partial charge in [0.2, 0.25) is 0 Å². The first-order chi connectivity index (χ1) is 11.2. The summed E-state index contributed by atoms with van der Waals surface area (Å²) in [5.74, 6) is 1.44. The molecule has 0 fully saturated rings. The molecule has 1 heterocycles. The Hall–Kier alpha value is -1.55. The number of methoxy groups -OCH3 is 1. The molecule has 1 aromatic carbocycles. The van der Waals surface area contributed by atoms with Crippen LogP contribution >= 0.6 is 27.3 Å². The minimum Gasteiger partial charge on any atom is -0.493 e. The summed E-state index contributed by atoms with van der Waals surface area (Å²) in [5.41, 5.74) is 1.13. The largest absolute Gasteiger partial charge is 0.493 e. The number of benzene rings is 1. The number of rotatable bonds is 9. The summed E-state index contributed by atoms with van der Waals surface area (Å²) in [4.78, 5) is 1.28. The molecular formula is C17H19BrN2O2S. The molecule has 0 unspecified atom stereocenters. The monoisotopic (exact) mass is 394 g/mol. The molecule has 1 N–H and O–H groups in total. The molecule has 1 aromatic heterocycles. The highest BCUT2D eigenvalue weighted by molar-refractivity contribution is 9.10. The SMILES string of the molecule is COc1ccc(CNCc2sccc2Br)cc1OCCCC#N. The summed E-state index contributed by atoms with van der Waals surface area (Å²) in [6.45, 7) is 2.09. The second-order valence-electron chi connectivity index (χ2n) is 4.89. The molecule has 0 aliphatic carbocycles. The lowest BCUT2D eigenvalue weighted by atomic mass is 10.2. The van der Waals surface area contributed by atoms with Crippen LogP contribution in [-0.2, 0) is 13.1 Å². The first-order valence-electron chi connectivity index (χ1n) is 7.34. The number of ether oxygens (including phenoxy) is 2. The Morgan fingerprint density at radius 2 is 2.13 bits per heavy atom. The number of hydrogen-bond acceptors (Lipinski definition) is 5. The van der Waals surface area contributed by atoms with Crippen LogP contribution in [0.5, 0.6) is 11.5 Å². The van der Waals surface area contributed by atoms with Crippen molar-refractivity contribution in [1.29, 1.82) is 5.26 Å². The normalized spacial score (nSPS) is 10.3. The van der Waals surface area contributed by atoms with Gasteiger partial charge in [0.25, 0.3) is 0 Å². The predicted molar refractivity (Wildman–Crippen MR) is 95.9 cm³/mol. The molecule has 0 atom stereocenters. The van der Waals surface area contributed by atoms with Crippen LogP contribution in [0.3, 0.4) is 0 Å². The number of hydrogen-bond donors (Lipinski definition) is 1. The summed E-state index contributed by atoms with van der Waals surface area (Å²) < 4.78 is 12.2. The molecule has 0 saturated heterocycles. The molecule has 6 heteroatoms. The molecule has 0 saturated carbocycles. The molecule has 4 nitrogen and oxygen atoms in total. The van der Waals surface area contributed by atoms with Crippen molar-refractivity contribution in [2.24, 2.45) is 0 Å². The van der Waals surface area contributed by atoms with E-state index in [2.05, 4.69) is 38.8 Å². The zero-order valence-corrected chi connectivity index (χ0v) is 15.4. The lowest BCUT2D eigenvalue weighted by Gasteiger charge is -2.12. The van der Waals surface area contributed by atoms with Gasteiger partial charge >= 0.3 is 0 Å². The fourth-order valence-corrected chi connectivity index (χ4v) is 3.51. The van der Waals surface area contributed by atoms with Crippen molar-refractivity contribution in [3.63, 3.8) is 0 Å². The number of halogens is 1. The van der Waals surface area contributed by atoms with E-state index >= 15 is 0 Å². The first-order valence-corrected chi connectivity index (χ1v) is 9.01. The number of thiophene rings is 1. The molecule has 0 aliphatic rings. The van der Waals surface area contributed by atoms with Gasteiger partial charge in [-0.25, -0.2) is 0 Å². The minimum absolute atomic E-state index is 0.499. The first kappa shape index (κ1) is 17.8. The Morgan fingerprint density at radius 3 is 2.83 bits per heavy atom. The molecule has 0 radical (unpaired) electrons. The quantitative estimate of drug-likeness (QED) is 0.636. The van der Waals surface area contributed by atoms with Gasteiger partial charge in [-0.3, -0.25) is 0 Å². The maximum absolute atomic E-state index is 8.56. The van der Waals surface area contributed by atoms with Gasteiger partial charge in [0, 0.05) is 28.9 Å². The number of unbranched alkanes of at least 4 members (excludes halogenated alkanes) is 1. The zero-order valence-electron chi connectivity index (χ0n) is 13.0. The van der Waals surface area contributed by atoms with E-state index in [9.17, 15) is 0 Å². The topological polar surface area (TPSA) is 54.3 Å². The van der Waals surface area contributed by atoms with Gasteiger partial charge < -0.3 is 14.8 Å². The molecule has 0 amide bonds. The highest BCUT2D eigenvalue weighted by Gasteiger charge is 2.06. The van der Waals surface area contributed by atoms with E-state index in [0.29, 0.717) is 25.2 Å². The number of nitriles is 1. The Labute approximate surface area is 149 Å². The van der Waals surface area contributed by atoms with Crippen molar-refractivity contribution in [1.82, 2.24) is 5.32 Å². The van der Waals surface area contributed by atoms with E-state index < -0.39 is 0 Å². The lowest BCUT2D eigenvalue weighted by molar-refractivity contribution is 0.290. The van der Waals surface area contributed by atoms with Crippen molar-refractivity contribution in [2.75, 3.05) is 13.7 Å². The van der Waals surface area contributed by atoms with Crippen LogP contribution in [0.25, 0.3) is 0 Å². The van der Waals surface area contributed by atoms with Crippen LogP contribution in [-0.4, -0.2) is 13.7 Å². The van der Waals surface area contributed by atoms with E-state index in [1.807, 2.05) is 18.2 Å². The van der Waals surface area contributed by atoms with Crippen molar-refractivity contribution in [2.45, 2.75) is 25.9 Å². The van der Waals surface area contributed by atoms with Gasteiger partial charge in [0.15, 0.2) is 11.5 Å². The Kier molecular flexibility index (Phi) is 7.40. The standard InChI is InChI=1S/C17H19BrN2O2S/c1-21-15-5-4-13(10-16(15)22-8-3-2-7-19)11-20-12-17-14(18)6-9-23-17/h4-6,9-10,20H,2-3,8,11-12H2,1H3. The summed E-state index contributed by atoms with van der Waals surface area (Å²) in [6, 6.07) is 10.1. The van der Waals surface area contributed by atoms with Crippen molar-refractivity contribution in [3.8, 4) is 17.6 Å². The second kappa shape index (κ2) is 9.56. The van der Waals surface area contributed by atoms with Crippen LogP contribution in [0, 0.1) is 11.3 Å². The molecule has 122 valence electrons. The van der Waals surface area contributed by atoms with Gasteiger partial charge in [-0.05, 0) is 51.5 Å². The molecular weight excluding hydrogens is 376 g/mol. The van der Waals surface area contributed by atoms with Gasteiger partial charge in [-0.2, -0.15) is 5.26 Å². The average Bonchev–Trinajstić information content (AvgIpc) is 2.97. The van der Waals surface area contributed by atoms with Crippen molar-refractivity contribution < 1.29 is 9.47 Å². The Bertz CT molecular complexity index is 667. The van der Waals surface area contributed by atoms with E-state index in [1.165, 1.54) is 4.88 Å². The molecule has 2 rings (SSSR count). The smallest absolute Gasteiger partial charge is 0.161 e. The summed E-state index contributed by atoms with van der Waals surface area (Å²) in [5, 5.41) is 14.1. The highest BCUT2D eigenvalue weighted by atomic mass is 79.9. The highest BCUT2D eigenvalue weighted by Crippen LogP contribution is 2.28. The van der Waals surface area contributed by atoms with Crippen molar-refractivity contribution in [3.05, 3.63) is 44.6 Å². The Balaban J connectivity index is 1.91. The van der Waals surface area contributed by atoms with E-state index in [4.69, 9.17) is 14.7 Å². The molecule has 2 aromatic rings. The van der Waals surface area contributed by atoms with Crippen LogP contribution in [0.1, 0.15) is 23.3 Å². The Morgan fingerprint density at radius 1 is 1.26 bits per heavy atom.